The Hall–Kier alpha value is -4.83. The van der Waals surface area contributed by atoms with Gasteiger partial charge in [0.15, 0.2) is 5.78 Å². The first-order valence-electron chi connectivity index (χ1n) is 15.3. The standard InChI is InChI=1S/C36H30ClFN2O7/c1-17(41)18-4-6-19(7-5-18)39-32(43)23-11-10-22-24(30(23)34(39)45)16-26-33(44)40(20-8-12-28(38)27(37)14-20)35(46)36(26,2)31(22)25-15-21(47-3)9-13-29(25)42/h4-10,12-15,23-24,26,30-31,42H,11,16H2,1-3H3/t23-,24+,26-,30-,31+,36+/m0/s1. The number of carbonyl (C=O) groups excluding carboxylic acids is 5. The Balaban J connectivity index is 1.36. The number of aromatic hydroxyl groups is 1. The number of carbonyl (C=O) groups is 5. The molecule has 3 aromatic carbocycles. The van der Waals surface area contributed by atoms with Crippen LogP contribution in [0, 0.1) is 34.9 Å². The van der Waals surface area contributed by atoms with Crippen molar-refractivity contribution in [3.63, 3.8) is 0 Å². The second-order valence-electron chi connectivity index (χ2n) is 12.8. The van der Waals surface area contributed by atoms with E-state index in [1.807, 2.05) is 6.08 Å². The fraction of sp³-hybridized carbons (Fsp3) is 0.306. The van der Waals surface area contributed by atoms with Crippen LogP contribution in [0.15, 0.2) is 72.3 Å². The number of fused-ring (bicyclic) bond motifs is 4. The van der Waals surface area contributed by atoms with Crippen molar-refractivity contribution in [3.8, 4) is 11.5 Å². The van der Waals surface area contributed by atoms with Crippen LogP contribution in [0.1, 0.15) is 48.5 Å². The summed E-state index contributed by atoms with van der Waals surface area (Å²) >= 11 is 6.06. The van der Waals surface area contributed by atoms with Crippen molar-refractivity contribution in [3.05, 3.63) is 94.3 Å². The molecule has 11 heteroatoms. The SMILES string of the molecule is COc1ccc(O)c([C@H]2C3=CC[C@@H]4C(=O)N(c5ccc(C(C)=O)cc5)C(=O)[C@@H]4[C@@H]3C[C@H]3C(=O)N(c4ccc(F)c(Cl)c4)C(=O)[C@@]23C)c1. The monoisotopic (exact) mass is 656 g/mol. The van der Waals surface area contributed by atoms with Gasteiger partial charge in [0.25, 0.3) is 0 Å². The zero-order valence-electron chi connectivity index (χ0n) is 25.7. The highest BCUT2D eigenvalue weighted by Crippen LogP contribution is 2.64. The van der Waals surface area contributed by atoms with Crippen molar-refractivity contribution in [2.45, 2.75) is 32.6 Å². The summed E-state index contributed by atoms with van der Waals surface area (Å²) in [6, 6.07) is 14.5. The van der Waals surface area contributed by atoms with E-state index in [9.17, 15) is 33.5 Å². The van der Waals surface area contributed by atoms with Crippen LogP contribution in [0.2, 0.25) is 5.02 Å². The van der Waals surface area contributed by atoms with E-state index >= 15 is 0 Å². The zero-order chi connectivity index (χ0) is 33.5. The number of Topliss-reactive ketones (excluding diaryl/α,β-unsaturated/α-hetero) is 1. The number of phenols is 1. The smallest absolute Gasteiger partial charge is 0.241 e. The molecule has 240 valence electrons. The molecule has 1 N–H and O–H groups in total. The van der Waals surface area contributed by atoms with Crippen molar-refractivity contribution in [1.29, 1.82) is 0 Å². The summed E-state index contributed by atoms with van der Waals surface area (Å²) in [5.74, 6) is -6.43. The summed E-state index contributed by atoms with van der Waals surface area (Å²) in [5.41, 5.74) is 0.500. The van der Waals surface area contributed by atoms with Crippen molar-refractivity contribution >= 4 is 52.4 Å². The zero-order valence-corrected chi connectivity index (χ0v) is 26.5. The average Bonchev–Trinajstić information content (AvgIpc) is 3.42. The molecular formula is C36H30ClFN2O7. The van der Waals surface area contributed by atoms with E-state index in [0.29, 0.717) is 28.1 Å². The lowest BCUT2D eigenvalue weighted by molar-refractivity contribution is -0.131. The lowest BCUT2D eigenvalue weighted by Crippen LogP contribution is -2.48. The molecule has 0 bridgehead atoms. The first-order valence-corrected chi connectivity index (χ1v) is 15.6. The van der Waals surface area contributed by atoms with Crippen molar-refractivity contribution < 1.29 is 38.2 Å². The molecule has 47 heavy (non-hydrogen) atoms. The van der Waals surface area contributed by atoms with Crippen LogP contribution in [0.4, 0.5) is 15.8 Å². The molecule has 0 aromatic heterocycles. The van der Waals surface area contributed by atoms with E-state index in [1.165, 1.54) is 32.2 Å². The molecule has 3 fully saturated rings. The largest absolute Gasteiger partial charge is 0.508 e. The van der Waals surface area contributed by atoms with Gasteiger partial charge in [0, 0.05) is 17.0 Å². The summed E-state index contributed by atoms with van der Waals surface area (Å²) in [5, 5.41) is 11.0. The minimum Gasteiger partial charge on any atom is -0.508 e. The minimum absolute atomic E-state index is 0.0941. The summed E-state index contributed by atoms with van der Waals surface area (Å²) in [7, 11) is 1.47. The third kappa shape index (κ3) is 4.37. The summed E-state index contributed by atoms with van der Waals surface area (Å²) < 4.78 is 19.6. The lowest BCUT2D eigenvalue weighted by Gasteiger charge is -2.49. The highest BCUT2D eigenvalue weighted by molar-refractivity contribution is 6.32. The Labute approximate surface area is 274 Å². The van der Waals surface area contributed by atoms with Gasteiger partial charge in [0.2, 0.25) is 23.6 Å². The number of anilines is 2. The van der Waals surface area contributed by atoms with Crippen molar-refractivity contribution in [1.82, 2.24) is 0 Å². The number of ether oxygens (including phenoxy) is 1. The molecule has 0 spiro atoms. The highest BCUT2D eigenvalue weighted by Gasteiger charge is 2.68. The number of rotatable bonds is 5. The molecule has 2 aliphatic heterocycles. The number of phenolic OH excluding ortho intramolecular Hbond substituents is 1. The number of ketones is 1. The first kappa shape index (κ1) is 30.8. The number of imide groups is 2. The number of methoxy groups -OCH3 is 1. The molecule has 0 radical (unpaired) electrons. The van der Waals surface area contributed by atoms with Crippen LogP contribution in [-0.4, -0.2) is 41.6 Å². The predicted molar refractivity (Wildman–Crippen MR) is 170 cm³/mol. The second-order valence-corrected chi connectivity index (χ2v) is 13.2. The normalized spacial score (nSPS) is 28.2. The molecule has 4 aliphatic rings. The number of allylic oxidation sites excluding steroid dienone is 2. The number of benzene rings is 3. The van der Waals surface area contributed by atoms with E-state index in [-0.39, 0.29) is 41.0 Å². The highest BCUT2D eigenvalue weighted by atomic mass is 35.5. The number of nitrogens with zero attached hydrogens (tertiary/aromatic N) is 2. The van der Waals surface area contributed by atoms with E-state index in [2.05, 4.69) is 0 Å². The molecule has 2 aliphatic carbocycles. The van der Waals surface area contributed by atoms with Gasteiger partial charge < -0.3 is 9.84 Å². The maximum atomic E-state index is 14.5. The number of amides is 4. The Morgan fingerprint density at radius 2 is 1.64 bits per heavy atom. The fourth-order valence-corrected chi connectivity index (χ4v) is 8.39. The molecule has 0 unspecified atom stereocenters. The molecule has 2 heterocycles. The van der Waals surface area contributed by atoms with Gasteiger partial charge in [-0.3, -0.25) is 28.9 Å². The Kier molecular flexibility index (Phi) is 7.13. The van der Waals surface area contributed by atoms with E-state index in [4.69, 9.17) is 16.3 Å². The van der Waals surface area contributed by atoms with Gasteiger partial charge in [0.1, 0.15) is 17.3 Å². The van der Waals surface area contributed by atoms with Crippen LogP contribution in [0.25, 0.3) is 0 Å². The van der Waals surface area contributed by atoms with Crippen LogP contribution in [-0.2, 0) is 19.2 Å². The van der Waals surface area contributed by atoms with E-state index in [0.717, 1.165) is 15.9 Å². The third-order valence-corrected chi connectivity index (χ3v) is 10.8. The number of halogens is 2. The molecular weight excluding hydrogens is 627 g/mol. The van der Waals surface area contributed by atoms with Gasteiger partial charge in [-0.25, -0.2) is 9.29 Å². The van der Waals surface area contributed by atoms with Crippen LogP contribution < -0.4 is 14.5 Å². The van der Waals surface area contributed by atoms with E-state index in [1.54, 1.807) is 43.3 Å². The quantitative estimate of drug-likeness (QED) is 0.208. The van der Waals surface area contributed by atoms with Crippen molar-refractivity contribution in [2.75, 3.05) is 16.9 Å². The Bertz CT molecular complexity index is 1940. The summed E-state index contributed by atoms with van der Waals surface area (Å²) in [6.45, 7) is 3.11. The van der Waals surface area contributed by atoms with Gasteiger partial charge in [-0.15, -0.1) is 0 Å². The average molecular weight is 657 g/mol. The van der Waals surface area contributed by atoms with E-state index < -0.39 is 58.5 Å². The van der Waals surface area contributed by atoms with Gasteiger partial charge in [-0.05, 0) is 93.3 Å². The molecule has 2 saturated heterocycles. The topological polar surface area (TPSA) is 121 Å². The Morgan fingerprint density at radius 1 is 0.936 bits per heavy atom. The molecule has 1 saturated carbocycles. The lowest BCUT2D eigenvalue weighted by atomic mass is 9.51. The third-order valence-electron chi connectivity index (χ3n) is 10.5. The molecule has 7 rings (SSSR count). The van der Waals surface area contributed by atoms with Gasteiger partial charge >= 0.3 is 0 Å². The molecule has 3 aromatic rings. The van der Waals surface area contributed by atoms with Crippen LogP contribution in [0.5, 0.6) is 11.5 Å². The van der Waals surface area contributed by atoms with Crippen LogP contribution in [0.3, 0.4) is 0 Å². The molecule has 4 amide bonds. The van der Waals surface area contributed by atoms with Gasteiger partial charge in [-0.1, -0.05) is 23.3 Å². The van der Waals surface area contributed by atoms with Crippen LogP contribution >= 0.6 is 11.6 Å². The summed E-state index contributed by atoms with van der Waals surface area (Å²) in [6.07, 6.45) is 2.18. The molecule has 6 atom stereocenters. The predicted octanol–water partition coefficient (Wildman–Crippen LogP) is 5.83. The van der Waals surface area contributed by atoms with Crippen molar-refractivity contribution in [2.24, 2.45) is 29.1 Å². The number of hydrogen-bond acceptors (Lipinski definition) is 7. The molecule has 9 nitrogen and oxygen atoms in total. The fourth-order valence-electron chi connectivity index (χ4n) is 8.22. The maximum Gasteiger partial charge on any atom is 0.241 e. The number of hydrogen-bond donors (Lipinski definition) is 1. The Morgan fingerprint density at radius 3 is 2.30 bits per heavy atom. The minimum atomic E-state index is -1.43. The first-order chi connectivity index (χ1) is 22.4. The summed E-state index contributed by atoms with van der Waals surface area (Å²) in [4.78, 5) is 70.9. The second kappa shape index (κ2) is 10.9. The van der Waals surface area contributed by atoms with Gasteiger partial charge in [0.05, 0.1) is 46.7 Å². The maximum absolute atomic E-state index is 14.5. The van der Waals surface area contributed by atoms with Gasteiger partial charge in [-0.2, -0.15) is 0 Å².